The lowest BCUT2D eigenvalue weighted by Gasteiger charge is -2.24. The molecule has 0 spiro atoms. The van der Waals surface area contributed by atoms with E-state index in [0.29, 0.717) is 0 Å². The summed E-state index contributed by atoms with van der Waals surface area (Å²) in [6.07, 6.45) is -4.53. The molecule has 64 valence electrons. The fourth-order valence-corrected chi connectivity index (χ4v) is 0.0896. The lowest BCUT2D eigenvalue weighted by atomic mass is 10.1. The van der Waals surface area contributed by atoms with E-state index >= 15 is 0 Å². The van der Waals surface area contributed by atoms with E-state index in [1.54, 1.807) is 0 Å². The summed E-state index contributed by atoms with van der Waals surface area (Å²) in [7, 11) is 0. The Morgan fingerprint density at radius 1 is 1.40 bits per heavy atom. The maximum atomic E-state index is 11.5. The smallest absolute Gasteiger partial charge is 0.394 e. The van der Waals surface area contributed by atoms with Gasteiger partial charge in [-0.05, 0) is 6.92 Å². The number of nitrogens with two attached hydrogens (primary N) is 1. The van der Waals surface area contributed by atoms with Gasteiger partial charge < -0.3 is 10.8 Å². The molecule has 0 aliphatic heterocycles. The van der Waals surface area contributed by atoms with Crippen LogP contribution in [-0.4, -0.2) is 23.4 Å². The maximum absolute atomic E-state index is 11.5. The standard InChI is InChI=1S/C4H8F3NO.ClH/c1-3(8,2-9)4(5,6)7;/h9H,2,8H2,1H3;1H. The van der Waals surface area contributed by atoms with Crippen LogP contribution in [-0.2, 0) is 0 Å². The van der Waals surface area contributed by atoms with E-state index < -0.39 is 18.3 Å². The lowest BCUT2D eigenvalue weighted by Crippen LogP contribution is -2.53. The zero-order valence-corrected chi connectivity index (χ0v) is 6.09. The monoisotopic (exact) mass is 179 g/mol. The minimum atomic E-state index is -4.53. The Hall–Kier alpha value is -0.0000000000000000555. The van der Waals surface area contributed by atoms with Crippen molar-refractivity contribution in [3.8, 4) is 0 Å². The predicted octanol–water partition coefficient (Wildman–Crippen LogP) is 0.680. The summed E-state index contributed by atoms with van der Waals surface area (Å²) < 4.78 is 34.6. The Morgan fingerprint density at radius 2 is 1.70 bits per heavy atom. The van der Waals surface area contributed by atoms with Crippen LogP contribution in [0.5, 0.6) is 0 Å². The molecular formula is C4H9ClF3NO. The van der Waals surface area contributed by atoms with E-state index in [2.05, 4.69) is 5.73 Å². The van der Waals surface area contributed by atoms with Crippen LogP contribution in [0.2, 0.25) is 0 Å². The van der Waals surface area contributed by atoms with Crippen molar-refractivity contribution in [1.29, 1.82) is 0 Å². The van der Waals surface area contributed by atoms with E-state index in [0.717, 1.165) is 6.92 Å². The molecule has 0 aliphatic rings. The van der Waals surface area contributed by atoms with Crippen molar-refractivity contribution >= 4 is 12.4 Å². The first-order chi connectivity index (χ1) is 3.81. The molecule has 0 radical (unpaired) electrons. The molecule has 0 aromatic rings. The third-order valence-electron chi connectivity index (χ3n) is 0.976. The zero-order valence-electron chi connectivity index (χ0n) is 5.27. The van der Waals surface area contributed by atoms with Crippen molar-refractivity contribution in [2.45, 2.75) is 18.6 Å². The topological polar surface area (TPSA) is 46.2 Å². The number of alkyl halides is 3. The van der Waals surface area contributed by atoms with Crippen LogP contribution in [0.4, 0.5) is 13.2 Å². The molecule has 0 aliphatic carbocycles. The van der Waals surface area contributed by atoms with Crippen LogP contribution in [0.1, 0.15) is 6.92 Å². The highest BCUT2D eigenvalue weighted by atomic mass is 35.5. The Kier molecular flexibility index (Phi) is 4.31. The predicted molar refractivity (Wildman–Crippen MR) is 33.0 cm³/mol. The highest BCUT2D eigenvalue weighted by molar-refractivity contribution is 5.85. The molecule has 10 heavy (non-hydrogen) atoms. The van der Waals surface area contributed by atoms with Gasteiger partial charge in [-0.15, -0.1) is 12.4 Å². The van der Waals surface area contributed by atoms with Crippen molar-refractivity contribution in [2.24, 2.45) is 5.73 Å². The van der Waals surface area contributed by atoms with Crippen LogP contribution in [0, 0.1) is 0 Å². The van der Waals surface area contributed by atoms with Crippen LogP contribution in [0.15, 0.2) is 0 Å². The Labute approximate surface area is 62.6 Å². The Balaban J connectivity index is 0. The van der Waals surface area contributed by atoms with Gasteiger partial charge in [0.2, 0.25) is 0 Å². The van der Waals surface area contributed by atoms with Gasteiger partial charge in [0.1, 0.15) is 5.54 Å². The summed E-state index contributed by atoms with van der Waals surface area (Å²) in [5, 5.41) is 8.08. The van der Waals surface area contributed by atoms with E-state index in [9.17, 15) is 13.2 Å². The average Bonchev–Trinajstić information content (AvgIpc) is 1.64. The van der Waals surface area contributed by atoms with Gasteiger partial charge in [0.05, 0.1) is 6.61 Å². The van der Waals surface area contributed by atoms with Gasteiger partial charge in [-0.25, -0.2) is 0 Å². The highest BCUT2D eigenvalue weighted by Crippen LogP contribution is 2.26. The molecule has 0 bridgehead atoms. The fraction of sp³-hybridized carbons (Fsp3) is 1.00. The van der Waals surface area contributed by atoms with Crippen LogP contribution in [0.3, 0.4) is 0 Å². The van der Waals surface area contributed by atoms with E-state index in [1.165, 1.54) is 0 Å². The number of aliphatic hydroxyl groups excluding tert-OH is 1. The summed E-state index contributed by atoms with van der Waals surface area (Å²) >= 11 is 0. The summed E-state index contributed by atoms with van der Waals surface area (Å²) in [4.78, 5) is 0. The number of aliphatic hydroxyl groups is 1. The SMILES string of the molecule is CC(N)(CO)C(F)(F)F.Cl. The van der Waals surface area contributed by atoms with E-state index in [1.807, 2.05) is 0 Å². The first-order valence-corrected chi connectivity index (χ1v) is 2.28. The van der Waals surface area contributed by atoms with Gasteiger partial charge in [-0.3, -0.25) is 0 Å². The number of rotatable bonds is 1. The fourth-order valence-electron chi connectivity index (χ4n) is 0.0896. The molecule has 3 N–H and O–H groups in total. The quantitative estimate of drug-likeness (QED) is 0.622. The van der Waals surface area contributed by atoms with Crippen molar-refractivity contribution in [1.82, 2.24) is 0 Å². The number of hydrogen-bond donors (Lipinski definition) is 2. The van der Waals surface area contributed by atoms with E-state index in [4.69, 9.17) is 5.11 Å². The molecule has 1 unspecified atom stereocenters. The van der Waals surface area contributed by atoms with Gasteiger partial charge in [0.15, 0.2) is 0 Å². The molecule has 0 aromatic heterocycles. The van der Waals surface area contributed by atoms with Crippen molar-refractivity contribution in [3.05, 3.63) is 0 Å². The molecule has 0 fully saturated rings. The van der Waals surface area contributed by atoms with Crippen molar-refractivity contribution in [3.63, 3.8) is 0 Å². The summed E-state index contributed by atoms with van der Waals surface area (Å²) in [6, 6.07) is 0. The number of hydrogen-bond acceptors (Lipinski definition) is 2. The summed E-state index contributed by atoms with van der Waals surface area (Å²) in [5.74, 6) is 0. The first kappa shape index (κ1) is 12.7. The largest absolute Gasteiger partial charge is 0.408 e. The normalized spacial score (nSPS) is 17.4. The number of halogens is 4. The molecule has 0 heterocycles. The molecule has 0 saturated heterocycles. The van der Waals surface area contributed by atoms with E-state index in [-0.39, 0.29) is 12.4 Å². The summed E-state index contributed by atoms with van der Waals surface area (Å²) in [6.45, 7) is -0.358. The van der Waals surface area contributed by atoms with Crippen molar-refractivity contribution in [2.75, 3.05) is 6.61 Å². The highest BCUT2D eigenvalue weighted by Gasteiger charge is 2.47. The average molecular weight is 180 g/mol. The molecule has 0 saturated carbocycles. The minimum absolute atomic E-state index is 0. The van der Waals surface area contributed by atoms with Gasteiger partial charge >= 0.3 is 6.18 Å². The Bertz CT molecular complexity index is 103. The maximum Gasteiger partial charge on any atom is 0.408 e. The molecule has 1 atom stereocenters. The molecular weight excluding hydrogens is 170 g/mol. The third-order valence-corrected chi connectivity index (χ3v) is 0.976. The van der Waals surface area contributed by atoms with Crippen LogP contribution < -0.4 is 5.73 Å². The molecule has 2 nitrogen and oxygen atoms in total. The van der Waals surface area contributed by atoms with Gasteiger partial charge in [0.25, 0.3) is 0 Å². The van der Waals surface area contributed by atoms with Gasteiger partial charge in [-0.1, -0.05) is 0 Å². The van der Waals surface area contributed by atoms with Crippen LogP contribution >= 0.6 is 12.4 Å². The van der Waals surface area contributed by atoms with Crippen molar-refractivity contribution < 1.29 is 18.3 Å². The molecule has 0 rings (SSSR count). The van der Waals surface area contributed by atoms with Crippen LogP contribution in [0.25, 0.3) is 0 Å². The second-order valence-electron chi connectivity index (χ2n) is 2.07. The molecule has 0 aromatic carbocycles. The minimum Gasteiger partial charge on any atom is -0.394 e. The third kappa shape index (κ3) is 2.72. The summed E-state index contributed by atoms with van der Waals surface area (Å²) in [5.41, 5.74) is 2.15. The first-order valence-electron chi connectivity index (χ1n) is 2.28. The Morgan fingerprint density at radius 3 is 1.70 bits per heavy atom. The van der Waals surface area contributed by atoms with Gasteiger partial charge in [0, 0.05) is 0 Å². The second-order valence-corrected chi connectivity index (χ2v) is 2.07. The van der Waals surface area contributed by atoms with Gasteiger partial charge in [-0.2, -0.15) is 13.2 Å². The second kappa shape index (κ2) is 3.41. The zero-order chi connectivity index (χ0) is 7.71. The molecule has 0 amide bonds. The lowest BCUT2D eigenvalue weighted by molar-refractivity contribution is -0.189. The molecule has 6 heteroatoms.